The van der Waals surface area contributed by atoms with Gasteiger partial charge in [0.15, 0.2) is 5.11 Å². The molecular formula is C18H18Br2N2O3S. The zero-order valence-electron chi connectivity index (χ0n) is 14.0. The third kappa shape index (κ3) is 5.96. The highest BCUT2D eigenvalue weighted by Crippen LogP contribution is 2.35. The van der Waals surface area contributed by atoms with Crippen molar-refractivity contribution in [2.24, 2.45) is 0 Å². The van der Waals surface area contributed by atoms with E-state index in [4.69, 9.17) is 17.0 Å². The molecule has 0 bridgehead atoms. The molecule has 0 heterocycles. The second kappa shape index (κ2) is 9.89. The molecule has 2 aromatic carbocycles. The Hall–Kier alpha value is -1.64. The molecule has 2 rings (SSSR count). The molecule has 0 radical (unpaired) electrons. The van der Waals surface area contributed by atoms with Crippen LogP contribution in [0.15, 0.2) is 45.3 Å². The van der Waals surface area contributed by atoms with Gasteiger partial charge >= 0.3 is 0 Å². The Morgan fingerprint density at radius 3 is 2.58 bits per heavy atom. The lowest BCUT2D eigenvalue weighted by Gasteiger charge is -2.12. The number of carbonyl (C=O) groups excluding carboxylic acids is 1. The summed E-state index contributed by atoms with van der Waals surface area (Å²) in [7, 11) is 0. The van der Waals surface area contributed by atoms with Crippen LogP contribution < -0.4 is 15.4 Å². The van der Waals surface area contributed by atoms with Crippen LogP contribution in [0.3, 0.4) is 0 Å². The van der Waals surface area contributed by atoms with E-state index in [1.807, 2.05) is 6.07 Å². The predicted octanol–water partition coefficient (Wildman–Crippen LogP) is 5.22. The first-order valence-electron chi connectivity index (χ1n) is 7.94. The van der Waals surface area contributed by atoms with E-state index < -0.39 is 0 Å². The third-order valence-electron chi connectivity index (χ3n) is 3.36. The molecule has 0 spiro atoms. The van der Waals surface area contributed by atoms with Gasteiger partial charge < -0.3 is 15.2 Å². The van der Waals surface area contributed by atoms with Crippen LogP contribution in [0, 0.1) is 0 Å². The number of halogens is 2. The number of phenolic OH excluding ortho intramolecular Hbond substituents is 1. The molecule has 1 amide bonds. The van der Waals surface area contributed by atoms with Crippen molar-refractivity contribution in [2.75, 3.05) is 11.9 Å². The van der Waals surface area contributed by atoms with Crippen LogP contribution in [-0.4, -0.2) is 22.7 Å². The van der Waals surface area contributed by atoms with Crippen molar-refractivity contribution in [1.82, 2.24) is 5.32 Å². The minimum absolute atomic E-state index is 0.0883. The zero-order valence-corrected chi connectivity index (χ0v) is 18.0. The molecule has 0 aliphatic rings. The number of phenols is 1. The summed E-state index contributed by atoms with van der Waals surface area (Å²) in [6, 6.07) is 10.3. The van der Waals surface area contributed by atoms with Crippen LogP contribution in [0.25, 0.3) is 0 Å². The molecule has 0 aliphatic heterocycles. The molecular weight excluding hydrogens is 484 g/mol. The second-order valence-electron chi connectivity index (χ2n) is 5.43. The maximum atomic E-state index is 12.4. The normalized spacial score (nSPS) is 10.3. The summed E-state index contributed by atoms with van der Waals surface area (Å²) in [5, 5.41) is 15.4. The Morgan fingerprint density at radius 2 is 1.92 bits per heavy atom. The van der Waals surface area contributed by atoms with Gasteiger partial charge in [-0.25, -0.2) is 0 Å². The van der Waals surface area contributed by atoms with Crippen molar-refractivity contribution in [3.8, 4) is 11.5 Å². The van der Waals surface area contributed by atoms with E-state index in [9.17, 15) is 9.90 Å². The van der Waals surface area contributed by atoms with Crippen LogP contribution in [0.2, 0.25) is 0 Å². The van der Waals surface area contributed by atoms with Crippen molar-refractivity contribution in [1.29, 1.82) is 0 Å². The van der Waals surface area contributed by atoms with E-state index in [2.05, 4.69) is 49.4 Å². The van der Waals surface area contributed by atoms with Crippen LogP contribution in [0.4, 0.5) is 5.69 Å². The number of anilines is 1. The average molecular weight is 502 g/mol. The molecule has 8 heteroatoms. The summed E-state index contributed by atoms with van der Waals surface area (Å²) in [6.07, 6.45) is 2.01. The third-order valence-corrected chi connectivity index (χ3v) is 4.78. The SMILES string of the molecule is CCCCOc1cccc(C(=O)NC(=S)Nc2cc(Br)c(O)c(Br)c2)c1. The molecule has 2 aromatic rings. The monoisotopic (exact) mass is 500 g/mol. The molecule has 26 heavy (non-hydrogen) atoms. The molecule has 0 unspecified atom stereocenters. The van der Waals surface area contributed by atoms with Crippen molar-refractivity contribution >= 4 is 60.8 Å². The Bertz CT molecular complexity index is 792. The second-order valence-corrected chi connectivity index (χ2v) is 7.54. The molecule has 0 saturated heterocycles. The van der Waals surface area contributed by atoms with Gasteiger partial charge in [0.1, 0.15) is 11.5 Å². The largest absolute Gasteiger partial charge is 0.506 e. The quantitative estimate of drug-likeness (QED) is 0.287. The molecule has 5 nitrogen and oxygen atoms in total. The molecule has 0 aromatic heterocycles. The lowest BCUT2D eigenvalue weighted by Crippen LogP contribution is -2.34. The fraction of sp³-hybridized carbons (Fsp3) is 0.222. The van der Waals surface area contributed by atoms with Crippen LogP contribution >= 0.6 is 44.1 Å². The van der Waals surface area contributed by atoms with Gasteiger partial charge in [-0.2, -0.15) is 0 Å². The van der Waals surface area contributed by atoms with Crippen molar-refractivity contribution in [3.05, 3.63) is 50.9 Å². The summed E-state index contributed by atoms with van der Waals surface area (Å²) in [5.74, 6) is 0.405. The van der Waals surface area contributed by atoms with Crippen molar-refractivity contribution in [3.63, 3.8) is 0 Å². The number of benzene rings is 2. The lowest BCUT2D eigenvalue weighted by molar-refractivity contribution is 0.0977. The first kappa shape index (κ1) is 20.7. The van der Waals surface area contributed by atoms with Gasteiger partial charge in [0.2, 0.25) is 0 Å². The Balaban J connectivity index is 1.98. The minimum Gasteiger partial charge on any atom is -0.506 e. The molecule has 0 saturated carbocycles. The zero-order chi connectivity index (χ0) is 19.1. The highest BCUT2D eigenvalue weighted by atomic mass is 79.9. The summed E-state index contributed by atoms with van der Waals surface area (Å²) in [6.45, 7) is 2.71. The van der Waals surface area contributed by atoms with Gasteiger partial charge in [0, 0.05) is 11.3 Å². The first-order chi connectivity index (χ1) is 12.4. The smallest absolute Gasteiger partial charge is 0.257 e. The number of hydrogen-bond acceptors (Lipinski definition) is 4. The molecule has 3 N–H and O–H groups in total. The molecule has 0 fully saturated rings. The highest BCUT2D eigenvalue weighted by molar-refractivity contribution is 9.11. The van der Waals surface area contributed by atoms with Gasteiger partial charge in [-0.15, -0.1) is 0 Å². The summed E-state index contributed by atoms with van der Waals surface area (Å²) < 4.78 is 6.61. The van der Waals surface area contributed by atoms with Gasteiger partial charge in [-0.3, -0.25) is 10.1 Å². The van der Waals surface area contributed by atoms with Gasteiger partial charge in [-0.1, -0.05) is 19.4 Å². The summed E-state index contributed by atoms with van der Waals surface area (Å²) in [4.78, 5) is 12.4. The number of aromatic hydroxyl groups is 1. The van der Waals surface area contributed by atoms with E-state index in [-0.39, 0.29) is 16.8 Å². The molecule has 0 atom stereocenters. The number of nitrogens with one attached hydrogen (secondary N) is 2. The Labute approximate surface area is 174 Å². The number of carbonyl (C=O) groups is 1. The van der Waals surface area contributed by atoms with Crippen molar-refractivity contribution in [2.45, 2.75) is 19.8 Å². The number of unbranched alkanes of at least 4 members (excludes halogenated alkanes) is 1. The van der Waals surface area contributed by atoms with E-state index in [0.29, 0.717) is 32.6 Å². The van der Waals surface area contributed by atoms with Crippen molar-refractivity contribution < 1.29 is 14.6 Å². The summed E-state index contributed by atoms with van der Waals surface area (Å²) in [5.41, 5.74) is 1.07. The van der Waals surface area contributed by atoms with Gasteiger partial charge in [0.05, 0.1) is 15.6 Å². The maximum Gasteiger partial charge on any atom is 0.257 e. The van der Waals surface area contributed by atoms with E-state index in [1.165, 1.54) is 0 Å². The minimum atomic E-state index is -0.333. The average Bonchev–Trinajstić information content (AvgIpc) is 2.60. The van der Waals surface area contributed by atoms with E-state index >= 15 is 0 Å². The number of amides is 1. The standard InChI is InChI=1S/C18H18Br2N2O3S/c1-2-3-7-25-13-6-4-5-11(8-13)17(24)22-18(26)21-12-9-14(19)16(23)15(20)10-12/h4-6,8-10,23H,2-3,7H2,1H3,(H2,21,22,24,26). The van der Waals surface area contributed by atoms with Crippen LogP contribution in [-0.2, 0) is 0 Å². The van der Waals surface area contributed by atoms with Crippen LogP contribution in [0.5, 0.6) is 11.5 Å². The number of hydrogen-bond donors (Lipinski definition) is 3. The van der Waals surface area contributed by atoms with Gasteiger partial charge in [-0.05, 0) is 80.8 Å². The van der Waals surface area contributed by atoms with E-state index in [1.54, 1.807) is 30.3 Å². The maximum absolute atomic E-state index is 12.4. The van der Waals surface area contributed by atoms with Gasteiger partial charge in [0.25, 0.3) is 5.91 Å². The molecule has 0 aliphatic carbocycles. The number of ether oxygens (including phenoxy) is 1. The number of rotatable bonds is 6. The molecule has 138 valence electrons. The summed E-state index contributed by atoms with van der Waals surface area (Å²) >= 11 is 11.7. The fourth-order valence-electron chi connectivity index (χ4n) is 2.04. The topological polar surface area (TPSA) is 70.6 Å². The lowest BCUT2D eigenvalue weighted by atomic mass is 10.2. The van der Waals surface area contributed by atoms with E-state index in [0.717, 1.165) is 12.8 Å². The first-order valence-corrected chi connectivity index (χ1v) is 9.93. The highest BCUT2D eigenvalue weighted by Gasteiger charge is 2.11. The predicted molar refractivity (Wildman–Crippen MR) is 114 cm³/mol. The Kier molecular flexibility index (Phi) is 7.86. The van der Waals surface area contributed by atoms with Crippen LogP contribution in [0.1, 0.15) is 30.1 Å². The Morgan fingerprint density at radius 1 is 1.23 bits per heavy atom. The number of thiocarbonyl (C=S) groups is 1. The fourth-order valence-corrected chi connectivity index (χ4v) is 3.43.